The van der Waals surface area contributed by atoms with E-state index in [9.17, 15) is 9.90 Å². The maximum atomic E-state index is 12.1. The summed E-state index contributed by atoms with van der Waals surface area (Å²) >= 11 is 6.11. The Morgan fingerprint density at radius 1 is 1.63 bits per heavy atom. The number of rotatable bonds is 5. The van der Waals surface area contributed by atoms with Crippen LogP contribution in [0, 0.1) is 12.8 Å². The molecule has 1 N–H and O–H groups in total. The highest BCUT2D eigenvalue weighted by atomic mass is 35.5. The molecule has 1 aromatic heterocycles. The van der Waals surface area contributed by atoms with Crippen molar-refractivity contribution >= 4 is 17.5 Å². The molecule has 0 aromatic carbocycles. The molecule has 1 aliphatic carbocycles. The second kappa shape index (κ2) is 5.51. The lowest BCUT2D eigenvalue weighted by atomic mass is 10.1. The highest BCUT2D eigenvalue weighted by Gasteiger charge is 2.31. The minimum atomic E-state index is -0.403. The van der Waals surface area contributed by atoms with Crippen LogP contribution in [0.4, 0.5) is 0 Å². The van der Waals surface area contributed by atoms with Gasteiger partial charge in [0.2, 0.25) is 5.91 Å². The smallest absolute Gasteiger partial charge is 0.227 e. The Hall–Kier alpha value is -1.07. The van der Waals surface area contributed by atoms with Crippen molar-refractivity contribution in [3.05, 3.63) is 16.4 Å². The number of halogens is 1. The van der Waals surface area contributed by atoms with Crippen LogP contribution in [-0.2, 0) is 18.3 Å². The molecule has 1 fully saturated rings. The molecule has 1 amide bonds. The van der Waals surface area contributed by atoms with Crippen LogP contribution < -0.4 is 0 Å². The van der Waals surface area contributed by atoms with E-state index in [4.69, 9.17) is 11.6 Å². The topological polar surface area (TPSA) is 58.4 Å². The van der Waals surface area contributed by atoms with Crippen molar-refractivity contribution in [2.24, 2.45) is 13.0 Å². The molecular formula is C13H20ClN3O2. The van der Waals surface area contributed by atoms with Crippen molar-refractivity contribution in [1.82, 2.24) is 14.7 Å². The van der Waals surface area contributed by atoms with Gasteiger partial charge in [0.1, 0.15) is 5.15 Å². The lowest BCUT2D eigenvalue weighted by Gasteiger charge is -2.20. The first kappa shape index (κ1) is 14.3. The number of aliphatic hydroxyl groups is 1. The predicted octanol–water partition coefficient (Wildman–Crippen LogP) is 1.15. The first-order valence-electron chi connectivity index (χ1n) is 6.50. The number of aliphatic hydroxyl groups excluding tert-OH is 1. The first-order chi connectivity index (χ1) is 8.90. The van der Waals surface area contributed by atoms with Gasteiger partial charge in [-0.2, -0.15) is 5.10 Å². The van der Waals surface area contributed by atoms with E-state index in [1.165, 1.54) is 0 Å². The third-order valence-corrected chi connectivity index (χ3v) is 4.12. The van der Waals surface area contributed by atoms with Gasteiger partial charge in [0.25, 0.3) is 0 Å². The number of likely N-dealkylation sites (N-methyl/N-ethyl adjacent to an activating group) is 1. The number of hydrogen-bond acceptors (Lipinski definition) is 3. The summed E-state index contributed by atoms with van der Waals surface area (Å²) in [6.07, 6.45) is 1.96. The van der Waals surface area contributed by atoms with Crippen molar-refractivity contribution in [2.75, 3.05) is 13.6 Å². The van der Waals surface area contributed by atoms with Gasteiger partial charge in [0, 0.05) is 26.2 Å². The van der Waals surface area contributed by atoms with E-state index in [0.717, 1.165) is 24.1 Å². The zero-order valence-electron chi connectivity index (χ0n) is 11.6. The fourth-order valence-corrected chi connectivity index (χ4v) is 2.41. The third kappa shape index (κ3) is 3.28. The van der Waals surface area contributed by atoms with Gasteiger partial charge in [-0.15, -0.1) is 0 Å². The molecule has 0 spiro atoms. The molecule has 106 valence electrons. The highest BCUT2D eigenvalue weighted by Crippen LogP contribution is 2.32. The summed E-state index contributed by atoms with van der Waals surface area (Å²) in [7, 11) is 3.47. The molecular weight excluding hydrogens is 266 g/mol. The average molecular weight is 286 g/mol. The van der Waals surface area contributed by atoms with Crippen LogP contribution in [0.15, 0.2) is 0 Å². The minimum Gasteiger partial charge on any atom is -0.391 e. The normalized spacial score (nSPS) is 16.5. The zero-order valence-corrected chi connectivity index (χ0v) is 12.3. The number of aryl methyl sites for hydroxylation is 2. The van der Waals surface area contributed by atoms with Gasteiger partial charge in [0.05, 0.1) is 18.2 Å². The van der Waals surface area contributed by atoms with E-state index in [-0.39, 0.29) is 12.3 Å². The Balaban J connectivity index is 1.95. The molecule has 1 saturated carbocycles. The van der Waals surface area contributed by atoms with Gasteiger partial charge in [-0.05, 0) is 25.7 Å². The van der Waals surface area contributed by atoms with Gasteiger partial charge in [-0.3, -0.25) is 9.48 Å². The maximum Gasteiger partial charge on any atom is 0.227 e. The summed E-state index contributed by atoms with van der Waals surface area (Å²) < 4.78 is 1.57. The van der Waals surface area contributed by atoms with Crippen molar-refractivity contribution in [3.63, 3.8) is 0 Å². The molecule has 0 saturated heterocycles. The molecule has 19 heavy (non-hydrogen) atoms. The number of aromatic nitrogens is 2. The van der Waals surface area contributed by atoms with Crippen LogP contribution in [0.3, 0.4) is 0 Å². The van der Waals surface area contributed by atoms with Gasteiger partial charge in [-0.25, -0.2) is 0 Å². The van der Waals surface area contributed by atoms with Crippen molar-refractivity contribution in [3.8, 4) is 0 Å². The Morgan fingerprint density at radius 3 is 2.74 bits per heavy atom. The Labute approximate surface area is 118 Å². The highest BCUT2D eigenvalue weighted by molar-refractivity contribution is 6.30. The van der Waals surface area contributed by atoms with Crippen LogP contribution in [0.2, 0.25) is 5.15 Å². The second-order valence-corrected chi connectivity index (χ2v) is 5.69. The lowest BCUT2D eigenvalue weighted by Crippen LogP contribution is -2.36. The van der Waals surface area contributed by atoms with Gasteiger partial charge >= 0.3 is 0 Å². The number of carbonyl (C=O) groups excluding carboxylic acids is 1. The maximum absolute atomic E-state index is 12.1. The number of nitrogens with zero attached hydrogens (tertiary/aromatic N) is 3. The summed E-state index contributed by atoms with van der Waals surface area (Å²) in [5.74, 6) is 0.330. The Kier molecular flexibility index (Phi) is 4.16. The van der Waals surface area contributed by atoms with Crippen molar-refractivity contribution in [2.45, 2.75) is 32.3 Å². The molecule has 1 aliphatic rings. The van der Waals surface area contributed by atoms with Crippen molar-refractivity contribution < 1.29 is 9.90 Å². The van der Waals surface area contributed by atoms with Crippen LogP contribution in [0.5, 0.6) is 0 Å². The predicted molar refractivity (Wildman–Crippen MR) is 73.0 cm³/mol. The minimum absolute atomic E-state index is 0.0438. The monoisotopic (exact) mass is 285 g/mol. The Bertz CT molecular complexity index is 482. The van der Waals surface area contributed by atoms with E-state index in [1.807, 2.05) is 6.92 Å². The molecule has 6 heteroatoms. The number of hydrogen-bond donors (Lipinski definition) is 1. The second-order valence-electron chi connectivity index (χ2n) is 5.33. The molecule has 5 nitrogen and oxygen atoms in total. The molecule has 0 aliphatic heterocycles. The van der Waals surface area contributed by atoms with E-state index < -0.39 is 6.10 Å². The fraction of sp³-hybridized carbons (Fsp3) is 0.692. The molecule has 1 heterocycles. The third-order valence-electron chi connectivity index (χ3n) is 3.65. The summed E-state index contributed by atoms with van der Waals surface area (Å²) in [4.78, 5) is 13.7. The standard InChI is InChI=1S/C13H20ClN3O2/c1-8-10(13(14)17(3)15-8)6-12(19)16(2)7-11(18)9-4-5-9/h9,11,18H,4-7H2,1-3H3. The molecule has 2 rings (SSSR count). The largest absolute Gasteiger partial charge is 0.391 e. The van der Waals surface area contributed by atoms with Gasteiger partial charge in [0.15, 0.2) is 0 Å². The fourth-order valence-electron chi connectivity index (χ4n) is 2.17. The number of amides is 1. The Morgan fingerprint density at radius 2 is 2.26 bits per heavy atom. The summed E-state index contributed by atoms with van der Waals surface area (Å²) in [6, 6.07) is 0. The van der Waals surface area contributed by atoms with E-state index in [0.29, 0.717) is 17.6 Å². The lowest BCUT2D eigenvalue weighted by molar-refractivity contribution is -0.130. The van der Waals surface area contributed by atoms with E-state index in [1.54, 1.807) is 23.7 Å². The number of carbonyl (C=O) groups is 1. The van der Waals surface area contributed by atoms with Crippen LogP contribution in [0.1, 0.15) is 24.1 Å². The summed E-state index contributed by atoms with van der Waals surface area (Å²) in [5.41, 5.74) is 1.54. The van der Waals surface area contributed by atoms with E-state index >= 15 is 0 Å². The molecule has 1 aromatic rings. The van der Waals surface area contributed by atoms with Crippen LogP contribution >= 0.6 is 11.6 Å². The van der Waals surface area contributed by atoms with Gasteiger partial charge in [-0.1, -0.05) is 11.6 Å². The molecule has 1 unspecified atom stereocenters. The average Bonchev–Trinajstić information content (AvgIpc) is 3.14. The summed E-state index contributed by atoms with van der Waals surface area (Å²) in [5, 5.41) is 14.5. The van der Waals surface area contributed by atoms with Crippen molar-refractivity contribution in [1.29, 1.82) is 0 Å². The molecule has 0 bridgehead atoms. The zero-order chi connectivity index (χ0) is 14.2. The van der Waals surface area contributed by atoms with Gasteiger partial charge < -0.3 is 10.0 Å². The summed E-state index contributed by atoms with van der Waals surface area (Å²) in [6.45, 7) is 2.23. The van der Waals surface area contributed by atoms with E-state index in [2.05, 4.69) is 5.10 Å². The molecule has 1 atom stereocenters. The molecule has 0 radical (unpaired) electrons. The SMILES string of the molecule is Cc1nn(C)c(Cl)c1CC(=O)N(C)CC(O)C1CC1. The quantitative estimate of drug-likeness (QED) is 0.883. The van der Waals surface area contributed by atoms with Crippen LogP contribution in [0.25, 0.3) is 0 Å². The van der Waals surface area contributed by atoms with Crippen LogP contribution in [-0.4, -0.2) is 45.4 Å². The first-order valence-corrected chi connectivity index (χ1v) is 6.88.